The minimum atomic E-state index is -3.86. The molecule has 1 aromatic carbocycles. The molecule has 1 fully saturated rings. The van der Waals surface area contributed by atoms with Crippen LogP contribution in [0.2, 0.25) is 0 Å². The maximum atomic E-state index is 13.5. The van der Waals surface area contributed by atoms with E-state index >= 15 is 0 Å². The molecule has 1 saturated carbocycles. The molecule has 29 heavy (non-hydrogen) atoms. The number of nitrogens with one attached hydrogen (secondary N) is 1. The Morgan fingerprint density at radius 2 is 1.83 bits per heavy atom. The highest BCUT2D eigenvalue weighted by Gasteiger charge is 2.34. The van der Waals surface area contributed by atoms with Gasteiger partial charge in [-0.05, 0) is 38.3 Å². The van der Waals surface area contributed by atoms with Gasteiger partial charge in [-0.2, -0.15) is 4.31 Å². The average molecular weight is 427 g/mol. The van der Waals surface area contributed by atoms with Gasteiger partial charge in [0.25, 0.3) is 0 Å². The van der Waals surface area contributed by atoms with Gasteiger partial charge >= 0.3 is 0 Å². The van der Waals surface area contributed by atoms with Crippen molar-refractivity contribution < 1.29 is 22.7 Å². The van der Waals surface area contributed by atoms with Crippen LogP contribution < -0.4 is 14.8 Å². The summed E-state index contributed by atoms with van der Waals surface area (Å²) >= 11 is 0. The van der Waals surface area contributed by atoms with Gasteiger partial charge in [0.1, 0.15) is 0 Å². The van der Waals surface area contributed by atoms with E-state index in [0.29, 0.717) is 11.5 Å². The van der Waals surface area contributed by atoms with Crippen molar-refractivity contribution >= 4 is 15.9 Å². The van der Waals surface area contributed by atoms with Crippen LogP contribution in [0.15, 0.2) is 23.1 Å². The molecule has 2 rings (SSSR count). The number of carbonyl (C=O) groups is 1. The minimum absolute atomic E-state index is 0.0180. The lowest BCUT2D eigenvalue weighted by molar-refractivity contribution is -0.122. The molecule has 0 unspecified atom stereocenters. The van der Waals surface area contributed by atoms with Crippen LogP contribution in [-0.4, -0.2) is 51.5 Å². The molecular weight excluding hydrogens is 392 g/mol. The van der Waals surface area contributed by atoms with E-state index in [0.717, 1.165) is 44.9 Å². The van der Waals surface area contributed by atoms with Crippen LogP contribution in [0.5, 0.6) is 11.5 Å². The highest BCUT2D eigenvalue weighted by molar-refractivity contribution is 7.89. The molecule has 1 aliphatic rings. The fraction of sp³-hybridized carbons (Fsp3) is 0.667. The third-order valence-corrected chi connectivity index (χ3v) is 7.27. The molecule has 0 bridgehead atoms. The molecular formula is C21H34N2O5S. The van der Waals surface area contributed by atoms with Gasteiger partial charge in [0.2, 0.25) is 15.9 Å². The Labute approximate surface area is 174 Å². The summed E-state index contributed by atoms with van der Waals surface area (Å²) in [5.41, 5.74) is 0. The summed E-state index contributed by atoms with van der Waals surface area (Å²) in [5, 5.41) is 2.92. The lowest BCUT2D eigenvalue weighted by Gasteiger charge is -2.33. The van der Waals surface area contributed by atoms with Crippen molar-refractivity contribution in [2.75, 3.05) is 20.8 Å². The van der Waals surface area contributed by atoms with Crippen LogP contribution in [0.4, 0.5) is 0 Å². The quantitative estimate of drug-likeness (QED) is 0.620. The van der Waals surface area contributed by atoms with Crippen LogP contribution in [0.3, 0.4) is 0 Å². The van der Waals surface area contributed by atoms with Crippen LogP contribution in [0.25, 0.3) is 0 Å². The summed E-state index contributed by atoms with van der Waals surface area (Å²) in [5.74, 6) is 0.542. The van der Waals surface area contributed by atoms with E-state index in [1.807, 2.05) is 6.92 Å². The second-order valence-corrected chi connectivity index (χ2v) is 9.51. The molecule has 0 aliphatic heterocycles. The zero-order valence-corrected chi connectivity index (χ0v) is 18.8. The number of benzene rings is 1. The largest absolute Gasteiger partial charge is 0.493 e. The van der Waals surface area contributed by atoms with Gasteiger partial charge in [0, 0.05) is 18.2 Å². The molecule has 0 spiro atoms. The lowest BCUT2D eigenvalue weighted by atomic mass is 9.95. The van der Waals surface area contributed by atoms with E-state index in [4.69, 9.17) is 9.47 Å². The van der Waals surface area contributed by atoms with Crippen LogP contribution in [0, 0.1) is 0 Å². The summed E-state index contributed by atoms with van der Waals surface area (Å²) < 4.78 is 38.9. The smallest absolute Gasteiger partial charge is 0.243 e. The normalized spacial score (nSPS) is 16.4. The fourth-order valence-electron chi connectivity index (χ4n) is 3.86. The molecule has 0 heterocycles. The SMILES string of the molecule is CCC[C@@H](C)NC(=O)CN(C1CCCCC1)S(=O)(=O)c1ccc(OC)c(OC)c1. The molecule has 1 atom stereocenters. The van der Waals surface area contributed by atoms with Crippen LogP contribution in [-0.2, 0) is 14.8 Å². The van der Waals surface area contributed by atoms with Gasteiger partial charge in [-0.1, -0.05) is 32.6 Å². The molecule has 1 N–H and O–H groups in total. The van der Waals surface area contributed by atoms with Gasteiger partial charge in [0.15, 0.2) is 11.5 Å². The summed E-state index contributed by atoms with van der Waals surface area (Å²) in [7, 11) is -0.894. The lowest BCUT2D eigenvalue weighted by Crippen LogP contribution is -2.48. The number of hydrogen-bond acceptors (Lipinski definition) is 5. The molecule has 1 aromatic rings. The van der Waals surface area contributed by atoms with Crippen molar-refractivity contribution in [3.8, 4) is 11.5 Å². The third kappa shape index (κ3) is 6.09. The summed E-state index contributed by atoms with van der Waals surface area (Å²) in [6.07, 6.45) is 6.39. The summed E-state index contributed by atoms with van der Waals surface area (Å²) in [6, 6.07) is 4.39. The molecule has 0 saturated heterocycles. The number of amides is 1. The number of ether oxygens (including phenoxy) is 2. The number of rotatable bonds is 10. The van der Waals surface area contributed by atoms with Crippen LogP contribution >= 0.6 is 0 Å². The minimum Gasteiger partial charge on any atom is -0.493 e. The molecule has 8 heteroatoms. The maximum Gasteiger partial charge on any atom is 0.243 e. The van der Waals surface area contributed by atoms with Crippen molar-refractivity contribution in [2.24, 2.45) is 0 Å². The van der Waals surface area contributed by atoms with Gasteiger partial charge < -0.3 is 14.8 Å². The Bertz CT molecular complexity index is 775. The average Bonchev–Trinajstić information content (AvgIpc) is 2.72. The van der Waals surface area contributed by atoms with E-state index in [1.165, 1.54) is 30.7 Å². The Balaban J connectivity index is 2.32. The third-order valence-electron chi connectivity index (χ3n) is 5.37. The molecule has 1 amide bonds. The van der Waals surface area contributed by atoms with Crippen LogP contribution in [0.1, 0.15) is 58.8 Å². The zero-order chi connectivity index (χ0) is 21.4. The van der Waals surface area contributed by atoms with E-state index in [2.05, 4.69) is 12.2 Å². The number of carbonyl (C=O) groups excluding carboxylic acids is 1. The van der Waals surface area contributed by atoms with E-state index in [-0.39, 0.29) is 29.4 Å². The summed E-state index contributed by atoms with van der Waals surface area (Å²) in [4.78, 5) is 12.7. The standard InChI is InChI=1S/C21H34N2O5S/c1-5-9-16(2)22-21(24)15-23(17-10-7-6-8-11-17)29(25,26)18-12-13-19(27-3)20(14-18)28-4/h12-14,16-17H,5-11,15H2,1-4H3,(H,22,24)/t16-/m1/s1. The highest BCUT2D eigenvalue weighted by atomic mass is 32.2. The first kappa shape index (κ1) is 23.5. The molecule has 0 aromatic heterocycles. The molecule has 7 nitrogen and oxygen atoms in total. The van der Waals surface area contributed by atoms with Gasteiger partial charge in [-0.25, -0.2) is 8.42 Å². The summed E-state index contributed by atoms with van der Waals surface area (Å²) in [6.45, 7) is 3.82. The molecule has 1 aliphatic carbocycles. The van der Waals surface area contributed by atoms with Crippen molar-refractivity contribution in [1.29, 1.82) is 0 Å². The van der Waals surface area contributed by atoms with E-state index in [9.17, 15) is 13.2 Å². The number of sulfonamides is 1. The van der Waals surface area contributed by atoms with Crippen molar-refractivity contribution in [1.82, 2.24) is 9.62 Å². The zero-order valence-electron chi connectivity index (χ0n) is 17.9. The Hall–Kier alpha value is -1.80. The first-order valence-electron chi connectivity index (χ1n) is 10.4. The number of methoxy groups -OCH3 is 2. The second-order valence-electron chi connectivity index (χ2n) is 7.62. The monoisotopic (exact) mass is 426 g/mol. The van der Waals surface area contributed by atoms with Crippen molar-refractivity contribution in [3.63, 3.8) is 0 Å². The first-order valence-corrected chi connectivity index (χ1v) is 11.8. The van der Waals surface area contributed by atoms with E-state index in [1.54, 1.807) is 6.07 Å². The fourth-order valence-corrected chi connectivity index (χ4v) is 5.52. The number of nitrogens with zero attached hydrogens (tertiary/aromatic N) is 1. The predicted octanol–water partition coefficient (Wildman–Crippen LogP) is 3.33. The predicted molar refractivity (Wildman–Crippen MR) is 113 cm³/mol. The van der Waals surface area contributed by atoms with Gasteiger partial charge in [-0.3, -0.25) is 4.79 Å². The first-order chi connectivity index (χ1) is 13.8. The molecule has 164 valence electrons. The maximum absolute atomic E-state index is 13.5. The topological polar surface area (TPSA) is 84.9 Å². The van der Waals surface area contributed by atoms with Gasteiger partial charge in [0.05, 0.1) is 25.7 Å². The Kier molecular flexibility index (Phi) is 8.77. The highest BCUT2D eigenvalue weighted by Crippen LogP contribution is 2.33. The molecule has 0 radical (unpaired) electrons. The Morgan fingerprint density at radius 1 is 1.17 bits per heavy atom. The second kappa shape index (κ2) is 10.8. The number of hydrogen-bond donors (Lipinski definition) is 1. The van der Waals surface area contributed by atoms with E-state index < -0.39 is 10.0 Å². The van der Waals surface area contributed by atoms with Gasteiger partial charge in [-0.15, -0.1) is 0 Å². The van der Waals surface area contributed by atoms with Crippen molar-refractivity contribution in [2.45, 2.75) is 75.8 Å². The van der Waals surface area contributed by atoms with Crippen molar-refractivity contribution in [3.05, 3.63) is 18.2 Å². The Morgan fingerprint density at radius 3 is 2.41 bits per heavy atom.